The first-order valence-electron chi connectivity index (χ1n) is 4.15. The normalized spacial score (nSPS) is 9.67. The largest absolute Gasteiger partial charge is 0.426 e. The van der Waals surface area contributed by atoms with Crippen LogP contribution in [0.3, 0.4) is 0 Å². The molecule has 0 aliphatic heterocycles. The Kier molecular flexibility index (Phi) is 4.35. The maximum atomic E-state index is 5.45. The predicted molar refractivity (Wildman–Crippen MR) is 49.3 cm³/mol. The summed E-state index contributed by atoms with van der Waals surface area (Å²) in [5, 5.41) is 7.58. The molecule has 0 saturated carbocycles. The van der Waals surface area contributed by atoms with Gasteiger partial charge in [-0.2, -0.15) is 12.1 Å². The van der Waals surface area contributed by atoms with E-state index in [2.05, 4.69) is 21.2 Å². The van der Waals surface area contributed by atoms with Crippen LogP contribution in [0.5, 0.6) is 0 Å². The smallest absolute Gasteiger partial charge is 0.213 e. The van der Waals surface area contributed by atoms with E-state index in [-0.39, 0.29) is 32.7 Å². The van der Waals surface area contributed by atoms with Gasteiger partial charge in [-0.1, -0.05) is 17.6 Å². The Labute approximate surface area is 112 Å². The minimum Gasteiger partial charge on any atom is -0.426 e. The summed E-state index contributed by atoms with van der Waals surface area (Å²) in [5.41, 5.74) is 6.79. The fraction of sp³-hybridized carbons (Fsp3) is 0.222. The number of hydrogen-bond donors (Lipinski definition) is 1. The molecule has 5 nitrogen and oxygen atoms in total. The Bertz CT molecular complexity index is 426. The topological polar surface area (TPSA) is 77.8 Å². The summed E-state index contributed by atoms with van der Waals surface area (Å²) >= 11 is 0. The maximum absolute atomic E-state index is 5.45. The second-order valence-corrected chi connectivity index (χ2v) is 2.89. The first kappa shape index (κ1) is 12.3. The third-order valence-electron chi connectivity index (χ3n) is 1.68. The standard InChI is InChI=1S/C9H9N4O.Y/c1-6-12-13-9(14-6)4-8-3-2-7(10)5-11-8;/h3,5H,4,10H2,1H3;/q-1;. The van der Waals surface area contributed by atoms with Crippen LogP contribution in [0.4, 0.5) is 5.69 Å². The zero-order valence-corrected chi connectivity index (χ0v) is 11.1. The number of hydrogen-bond acceptors (Lipinski definition) is 5. The van der Waals surface area contributed by atoms with Gasteiger partial charge in [0.1, 0.15) is 0 Å². The molecule has 2 heterocycles. The van der Waals surface area contributed by atoms with Gasteiger partial charge in [-0.05, 0) is 0 Å². The molecular weight excluding hydrogens is 269 g/mol. The minimum absolute atomic E-state index is 0. The van der Waals surface area contributed by atoms with E-state index in [9.17, 15) is 0 Å². The van der Waals surface area contributed by atoms with E-state index in [0.29, 0.717) is 23.9 Å². The Morgan fingerprint density at radius 3 is 2.80 bits per heavy atom. The van der Waals surface area contributed by atoms with Crippen molar-refractivity contribution in [2.45, 2.75) is 13.3 Å². The number of nitrogen functional groups attached to an aromatic ring is 1. The molecule has 15 heavy (non-hydrogen) atoms. The molecule has 0 fully saturated rings. The van der Waals surface area contributed by atoms with Crippen LogP contribution in [-0.2, 0) is 39.1 Å². The maximum Gasteiger partial charge on any atom is 0.213 e. The van der Waals surface area contributed by atoms with Gasteiger partial charge in [0.05, 0.1) is 0 Å². The Morgan fingerprint density at radius 2 is 2.27 bits per heavy atom. The van der Waals surface area contributed by atoms with Gasteiger partial charge in [-0.25, -0.2) is 0 Å². The number of nitrogens with zero attached hydrogens (tertiary/aromatic N) is 3. The molecule has 0 aliphatic rings. The SMILES string of the molecule is Cc1nnc(Cc2c[c-]c(N)cn2)o1.[Y]. The first-order chi connectivity index (χ1) is 6.74. The van der Waals surface area contributed by atoms with E-state index < -0.39 is 0 Å². The summed E-state index contributed by atoms with van der Waals surface area (Å²) in [6, 6.07) is 4.57. The first-order valence-corrected chi connectivity index (χ1v) is 4.15. The zero-order valence-electron chi connectivity index (χ0n) is 8.27. The van der Waals surface area contributed by atoms with Crippen molar-refractivity contribution >= 4 is 5.69 Å². The quantitative estimate of drug-likeness (QED) is 0.820. The van der Waals surface area contributed by atoms with E-state index in [0.717, 1.165) is 5.69 Å². The second-order valence-electron chi connectivity index (χ2n) is 2.89. The average molecular weight is 278 g/mol. The number of aromatic nitrogens is 3. The fourth-order valence-electron chi connectivity index (χ4n) is 1.05. The van der Waals surface area contributed by atoms with Crippen LogP contribution in [0.15, 0.2) is 16.7 Å². The van der Waals surface area contributed by atoms with Gasteiger partial charge in [-0.15, -0.1) is 10.2 Å². The molecule has 0 aliphatic carbocycles. The van der Waals surface area contributed by atoms with Gasteiger partial charge in [0.2, 0.25) is 11.8 Å². The third kappa shape index (κ3) is 3.36. The number of rotatable bonds is 2. The van der Waals surface area contributed by atoms with E-state index in [1.807, 2.05) is 0 Å². The van der Waals surface area contributed by atoms with Crippen LogP contribution in [0, 0.1) is 13.0 Å². The Morgan fingerprint density at radius 1 is 1.47 bits per heavy atom. The van der Waals surface area contributed by atoms with Crippen molar-refractivity contribution in [1.82, 2.24) is 15.2 Å². The predicted octanol–water partition coefficient (Wildman–Crippen LogP) is 0.744. The molecule has 0 bridgehead atoms. The summed E-state index contributed by atoms with van der Waals surface area (Å²) in [4.78, 5) is 4.10. The van der Waals surface area contributed by atoms with Crippen LogP contribution in [0.1, 0.15) is 17.5 Å². The summed E-state index contributed by atoms with van der Waals surface area (Å²) in [6.45, 7) is 1.75. The molecule has 0 spiro atoms. The molecule has 0 aromatic carbocycles. The summed E-state index contributed by atoms with van der Waals surface area (Å²) in [7, 11) is 0. The minimum atomic E-state index is 0. The van der Waals surface area contributed by atoms with Crippen LogP contribution in [-0.4, -0.2) is 15.2 Å². The molecule has 2 aromatic heterocycles. The second kappa shape index (κ2) is 5.33. The van der Waals surface area contributed by atoms with Crippen molar-refractivity contribution in [2.24, 2.45) is 0 Å². The molecule has 2 N–H and O–H groups in total. The molecule has 0 atom stereocenters. The molecule has 75 valence electrons. The average Bonchev–Trinajstić information content (AvgIpc) is 2.56. The summed E-state index contributed by atoms with van der Waals surface area (Å²) < 4.78 is 5.21. The zero-order chi connectivity index (χ0) is 9.97. The van der Waals surface area contributed by atoms with Gasteiger partial charge in [-0.3, -0.25) is 0 Å². The molecule has 2 aromatic rings. The summed E-state index contributed by atoms with van der Waals surface area (Å²) in [6.07, 6.45) is 2.07. The van der Waals surface area contributed by atoms with Gasteiger partial charge in [0, 0.05) is 46.1 Å². The molecule has 0 saturated heterocycles. The van der Waals surface area contributed by atoms with Crippen LogP contribution < -0.4 is 5.73 Å². The van der Waals surface area contributed by atoms with Crippen molar-refractivity contribution in [3.8, 4) is 0 Å². The van der Waals surface area contributed by atoms with Crippen LogP contribution in [0.25, 0.3) is 0 Å². The molecular formula is C9H9N4OY-. The molecule has 0 unspecified atom stereocenters. The monoisotopic (exact) mass is 278 g/mol. The van der Waals surface area contributed by atoms with E-state index in [4.69, 9.17) is 10.2 Å². The van der Waals surface area contributed by atoms with Gasteiger partial charge >= 0.3 is 0 Å². The van der Waals surface area contributed by atoms with Gasteiger partial charge < -0.3 is 15.1 Å². The van der Waals surface area contributed by atoms with Gasteiger partial charge in [0.15, 0.2) is 0 Å². The Hall–Kier alpha value is -0.806. The Balaban J connectivity index is 0.00000112. The van der Waals surface area contributed by atoms with Crippen LogP contribution in [0.2, 0.25) is 0 Å². The number of aryl methyl sites for hydroxylation is 1. The number of pyridine rings is 1. The third-order valence-corrected chi connectivity index (χ3v) is 1.68. The van der Waals surface area contributed by atoms with Crippen LogP contribution >= 0.6 is 0 Å². The molecule has 1 radical (unpaired) electrons. The number of nitrogens with two attached hydrogens (primary N) is 1. The van der Waals surface area contributed by atoms with Crippen molar-refractivity contribution in [3.63, 3.8) is 0 Å². The summed E-state index contributed by atoms with van der Waals surface area (Å²) in [5.74, 6) is 1.10. The van der Waals surface area contributed by atoms with Crippen molar-refractivity contribution < 1.29 is 37.1 Å². The van der Waals surface area contributed by atoms with E-state index in [1.54, 1.807) is 19.2 Å². The number of anilines is 1. The van der Waals surface area contributed by atoms with Gasteiger partial charge in [0.25, 0.3) is 0 Å². The fourth-order valence-corrected chi connectivity index (χ4v) is 1.05. The molecule has 6 heteroatoms. The van der Waals surface area contributed by atoms with E-state index in [1.165, 1.54) is 0 Å². The van der Waals surface area contributed by atoms with Crippen molar-refractivity contribution in [3.05, 3.63) is 35.8 Å². The van der Waals surface area contributed by atoms with E-state index >= 15 is 0 Å². The molecule has 2 rings (SSSR count). The van der Waals surface area contributed by atoms with Crippen molar-refractivity contribution in [2.75, 3.05) is 5.73 Å². The molecule has 0 amide bonds. The van der Waals surface area contributed by atoms with Crippen molar-refractivity contribution in [1.29, 1.82) is 0 Å².